The fourth-order valence-electron chi connectivity index (χ4n) is 1.11. The second-order valence-electron chi connectivity index (χ2n) is 3.17. The molecule has 0 bridgehead atoms. The molecule has 17 heavy (non-hydrogen) atoms. The van der Waals surface area contributed by atoms with Gasteiger partial charge in [-0.3, -0.25) is 9.73 Å². The van der Waals surface area contributed by atoms with Gasteiger partial charge >= 0.3 is 0 Å². The van der Waals surface area contributed by atoms with Crippen molar-refractivity contribution < 1.29 is 9.73 Å². The summed E-state index contributed by atoms with van der Waals surface area (Å²) in [5.41, 5.74) is 0.551. The lowest BCUT2D eigenvalue weighted by molar-refractivity contribution is -0.182. The van der Waals surface area contributed by atoms with Gasteiger partial charge in [0, 0.05) is 12.5 Å². The van der Waals surface area contributed by atoms with Crippen LogP contribution in [0, 0.1) is 0 Å². The van der Waals surface area contributed by atoms with Crippen LogP contribution in [0.15, 0.2) is 23.4 Å². The summed E-state index contributed by atoms with van der Waals surface area (Å²) in [5, 5.41) is 5.72. The van der Waals surface area contributed by atoms with Crippen LogP contribution in [0.3, 0.4) is 0 Å². The molecule has 0 saturated carbocycles. The molecular weight excluding hydrogens is 263 g/mol. The molecule has 0 aliphatic rings. The molecular formula is C11H12Cl2N2O2. The van der Waals surface area contributed by atoms with Gasteiger partial charge < -0.3 is 0 Å². The second kappa shape index (κ2) is 6.47. The molecule has 0 radical (unpaired) electrons. The fourth-order valence-corrected chi connectivity index (χ4v) is 1.60. The van der Waals surface area contributed by atoms with Gasteiger partial charge in [-0.2, -0.15) is 5.06 Å². The Labute approximate surface area is 110 Å². The summed E-state index contributed by atoms with van der Waals surface area (Å²) in [7, 11) is 0. The average molecular weight is 275 g/mol. The molecule has 0 saturated heterocycles. The standard InChI is InChI=1S/C11H12Cl2N2O2/c1-3-15(8(2)16)17-14-7-9-10(12)5-4-6-11(9)13/h4-7H,3H2,1-2H3. The van der Waals surface area contributed by atoms with Crippen molar-refractivity contribution >= 4 is 35.3 Å². The van der Waals surface area contributed by atoms with Crippen molar-refractivity contribution in [3.05, 3.63) is 33.8 Å². The van der Waals surface area contributed by atoms with Gasteiger partial charge in [0.05, 0.1) is 22.8 Å². The SMILES string of the molecule is CCN(ON=Cc1c(Cl)cccc1Cl)C(C)=O. The summed E-state index contributed by atoms with van der Waals surface area (Å²) in [6.45, 7) is 3.57. The third kappa shape index (κ3) is 3.91. The Morgan fingerprint density at radius 1 is 1.47 bits per heavy atom. The first-order chi connectivity index (χ1) is 8.06. The highest BCUT2D eigenvalue weighted by Gasteiger charge is 2.06. The minimum atomic E-state index is -0.227. The lowest BCUT2D eigenvalue weighted by Gasteiger charge is -2.13. The van der Waals surface area contributed by atoms with Crippen LogP contribution in [0.1, 0.15) is 19.4 Å². The lowest BCUT2D eigenvalue weighted by atomic mass is 10.2. The monoisotopic (exact) mass is 274 g/mol. The Hall–Kier alpha value is -1.26. The third-order valence-electron chi connectivity index (χ3n) is 1.97. The first-order valence-corrected chi connectivity index (χ1v) is 5.74. The summed E-state index contributed by atoms with van der Waals surface area (Å²) in [6.07, 6.45) is 1.37. The molecule has 0 aliphatic carbocycles. The largest absolute Gasteiger partial charge is 0.272 e. The van der Waals surface area contributed by atoms with Crippen molar-refractivity contribution in [2.75, 3.05) is 6.54 Å². The van der Waals surface area contributed by atoms with Crippen LogP contribution in [0.2, 0.25) is 10.0 Å². The van der Waals surface area contributed by atoms with Crippen molar-refractivity contribution in [1.29, 1.82) is 0 Å². The highest BCUT2D eigenvalue weighted by atomic mass is 35.5. The number of carbonyl (C=O) groups is 1. The number of carbonyl (C=O) groups excluding carboxylic acids is 1. The third-order valence-corrected chi connectivity index (χ3v) is 2.62. The summed E-state index contributed by atoms with van der Waals surface area (Å²) < 4.78 is 0. The van der Waals surface area contributed by atoms with Gasteiger partial charge in [0.2, 0.25) is 0 Å². The van der Waals surface area contributed by atoms with Crippen LogP contribution in [0.5, 0.6) is 0 Å². The van der Waals surface area contributed by atoms with E-state index in [4.69, 9.17) is 28.1 Å². The Kier molecular flexibility index (Phi) is 5.25. The highest BCUT2D eigenvalue weighted by molar-refractivity contribution is 6.38. The van der Waals surface area contributed by atoms with Crippen LogP contribution in [0.4, 0.5) is 0 Å². The Bertz CT molecular complexity index is 415. The molecule has 0 spiro atoms. The zero-order valence-corrected chi connectivity index (χ0v) is 11.0. The topological polar surface area (TPSA) is 41.9 Å². The molecule has 4 nitrogen and oxygen atoms in total. The zero-order chi connectivity index (χ0) is 12.8. The molecule has 0 aliphatic heterocycles. The Morgan fingerprint density at radius 3 is 2.53 bits per heavy atom. The lowest BCUT2D eigenvalue weighted by Crippen LogP contribution is -2.26. The number of nitrogens with zero attached hydrogens (tertiary/aromatic N) is 2. The van der Waals surface area contributed by atoms with Gasteiger partial charge in [0.25, 0.3) is 5.91 Å². The van der Waals surface area contributed by atoms with Gasteiger partial charge in [-0.25, -0.2) is 0 Å². The molecule has 1 aromatic carbocycles. The number of benzene rings is 1. The Morgan fingerprint density at radius 2 is 2.06 bits per heavy atom. The predicted octanol–water partition coefficient (Wildman–Crippen LogP) is 3.13. The summed E-state index contributed by atoms with van der Waals surface area (Å²) in [5.74, 6) is -0.227. The van der Waals surface area contributed by atoms with E-state index in [2.05, 4.69) is 5.16 Å². The quantitative estimate of drug-likeness (QED) is 0.625. The molecule has 1 amide bonds. The molecule has 0 fully saturated rings. The molecule has 0 heterocycles. The minimum absolute atomic E-state index is 0.227. The maximum atomic E-state index is 11.0. The molecule has 6 heteroatoms. The molecule has 1 aromatic rings. The van der Waals surface area contributed by atoms with E-state index in [0.717, 1.165) is 5.06 Å². The van der Waals surface area contributed by atoms with E-state index >= 15 is 0 Å². The van der Waals surface area contributed by atoms with Gasteiger partial charge in [0.15, 0.2) is 0 Å². The van der Waals surface area contributed by atoms with E-state index in [1.54, 1.807) is 25.1 Å². The van der Waals surface area contributed by atoms with E-state index in [-0.39, 0.29) is 5.91 Å². The van der Waals surface area contributed by atoms with Crippen molar-refractivity contribution in [2.45, 2.75) is 13.8 Å². The van der Waals surface area contributed by atoms with Crippen LogP contribution in [-0.4, -0.2) is 23.7 Å². The van der Waals surface area contributed by atoms with Gasteiger partial charge in [-0.15, -0.1) is 0 Å². The molecule has 0 unspecified atom stereocenters. The molecule has 0 aromatic heterocycles. The van der Waals surface area contributed by atoms with Gasteiger partial charge in [-0.1, -0.05) is 34.4 Å². The first kappa shape index (κ1) is 13.8. The van der Waals surface area contributed by atoms with Gasteiger partial charge in [0.1, 0.15) is 0 Å². The molecule has 0 N–H and O–H groups in total. The van der Waals surface area contributed by atoms with Crippen LogP contribution < -0.4 is 0 Å². The van der Waals surface area contributed by atoms with E-state index in [1.165, 1.54) is 13.1 Å². The highest BCUT2D eigenvalue weighted by Crippen LogP contribution is 2.22. The maximum Gasteiger partial charge on any atom is 0.254 e. The van der Waals surface area contributed by atoms with Crippen molar-refractivity contribution in [2.24, 2.45) is 5.16 Å². The molecule has 1 rings (SSSR count). The molecule has 92 valence electrons. The van der Waals surface area contributed by atoms with E-state index in [0.29, 0.717) is 22.2 Å². The predicted molar refractivity (Wildman–Crippen MR) is 68.2 cm³/mol. The Balaban J connectivity index is 2.74. The van der Waals surface area contributed by atoms with Crippen molar-refractivity contribution in [3.8, 4) is 0 Å². The summed E-state index contributed by atoms with van der Waals surface area (Å²) in [6, 6.07) is 5.12. The number of halogens is 2. The number of oxime groups is 1. The van der Waals surface area contributed by atoms with Crippen LogP contribution in [-0.2, 0) is 9.73 Å². The fraction of sp³-hybridized carbons (Fsp3) is 0.273. The normalized spacial score (nSPS) is 10.6. The second-order valence-corrected chi connectivity index (χ2v) is 3.98. The zero-order valence-electron chi connectivity index (χ0n) is 9.48. The van der Waals surface area contributed by atoms with Crippen LogP contribution in [0.25, 0.3) is 0 Å². The van der Waals surface area contributed by atoms with E-state index in [1.807, 2.05) is 0 Å². The maximum absolute atomic E-state index is 11.0. The smallest absolute Gasteiger partial charge is 0.254 e. The number of rotatable bonds is 4. The minimum Gasteiger partial charge on any atom is -0.272 e. The first-order valence-electron chi connectivity index (χ1n) is 4.99. The van der Waals surface area contributed by atoms with Gasteiger partial charge in [-0.05, 0) is 19.1 Å². The van der Waals surface area contributed by atoms with E-state index < -0.39 is 0 Å². The number of amides is 1. The summed E-state index contributed by atoms with van der Waals surface area (Å²) >= 11 is 11.9. The van der Waals surface area contributed by atoms with Crippen molar-refractivity contribution in [1.82, 2.24) is 5.06 Å². The summed E-state index contributed by atoms with van der Waals surface area (Å²) in [4.78, 5) is 15.9. The average Bonchev–Trinajstić information content (AvgIpc) is 2.27. The van der Waals surface area contributed by atoms with E-state index in [9.17, 15) is 4.79 Å². The number of hydrogen-bond acceptors (Lipinski definition) is 3. The van der Waals surface area contributed by atoms with Crippen molar-refractivity contribution in [3.63, 3.8) is 0 Å². The molecule has 0 atom stereocenters. The van der Waals surface area contributed by atoms with Crippen LogP contribution >= 0.6 is 23.2 Å². The number of hydroxylamine groups is 2. The number of hydrogen-bond donors (Lipinski definition) is 0.